The Balaban J connectivity index is 3.20. The van der Waals surface area contributed by atoms with E-state index in [0.717, 1.165) is 22.4 Å². The highest BCUT2D eigenvalue weighted by molar-refractivity contribution is 6.02. The molecular formula is C17H23NO3. The van der Waals surface area contributed by atoms with Crippen LogP contribution in [0.5, 0.6) is 0 Å². The Hall–Kier alpha value is -2.10. The Bertz CT molecular complexity index is 584. The molecule has 0 aliphatic rings. The van der Waals surface area contributed by atoms with Crippen molar-refractivity contribution in [3.63, 3.8) is 0 Å². The molecule has 1 aromatic carbocycles. The molecule has 4 nitrogen and oxygen atoms in total. The maximum Gasteiger partial charge on any atom is 0.352 e. The number of hydrogen-bond acceptors (Lipinski definition) is 3. The van der Waals surface area contributed by atoms with Crippen LogP contribution in [0, 0.1) is 26.2 Å². The summed E-state index contributed by atoms with van der Waals surface area (Å²) in [7, 11) is 0. The minimum Gasteiger partial charge on any atom is -0.477 e. The van der Waals surface area contributed by atoms with E-state index in [-0.39, 0.29) is 11.5 Å². The first-order chi connectivity index (χ1) is 9.52. The largest absolute Gasteiger partial charge is 0.477 e. The average Bonchev–Trinajstić information content (AvgIpc) is 2.30. The van der Waals surface area contributed by atoms with Crippen LogP contribution >= 0.6 is 0 Å². The van der Waals surface area contributed by atoms with Gasteiger partial charge >= 0.3 is 5.97 Å². The van der Waals surface area contributed by atoms with Gasteiger partial charge in [-0.05, 0) is 31.9 Å². The molecule has 0 fully saturated rings. The minimum atomic E-state index is -1.15. The summed E-state index contributed by atoms with van der Waals surface area (Å²) in [5, 5.41) is 12.2. The van der Waals surface area contributed by atoms with Gasteiger partial charge in [-0.1, -0.05) is 38.5 Å². The molecule has 0 saturated heterocycles. The van der Waals surface area contributed by atoms with Crippen molar-refractivity contribution < 1.29 is 14.7 Å². The number of ketones is 1. The minimum absolute atomic E-state index is 0.107. The van der Waals surface area contributed by atoms with E-state index in [2.05, 4.69) is 5.32 Å². The van der Waals surface area contributed by atoms with Crippen LogP contribution in [0.1, 0.15) is 37.5 Å². The number of carboxylic acids is 1. The van der Waals surface area contributed by atoms with Gasteiger partial charge in [0, 0.05) is 17.2 Å². The Morgan fingerprint density at radius 2 is 1.57 bits per heavy atom. The molecule has 114 valence electrons. The third kappa shape index (κ3) is 4.45. The summed E-state index contributed by atoms with van der Waals surface area (Å²) >= 11 is 0. The first-order valence-electron chi connectivity index (χ1n) is 6.86. The summed E-state index contributed by atoms with van der Waals surface area (Å²) < 4.78 is 0. The lowest BCUT2D eigenvalue weighted by molar-refractivity contribution is -0.133. The molecule has 1 rings (SSSR count). The number of anilines is 1. The monoisotopic (exact) mass is 289 g/mol. The Morgan fingerprint density at radius 3 is 1.95 bits per heavy atom. The Morgan fingerprint density at radius 1 is 1.10 bits per heavy atom. The molecule has 21 heavy (non-hydrogen) atoms. The van der Waals surface area contributed by atoms with Crippen LogP contribution in [-0.4, -0.2) is 16.9 Å². The van der Waals surface area contributed by atoms with Crippen LogP contribution in [0.2, 0.25) is 0 Å². The van der Waals surface area contributed by atoms with Crippen LogP contribution < -0.4 is 5.32 Å². The standard InChI is InChI=1S/C17H23NO3/c1-10-7-11(2)15(12(3)8-10)18-13(16(20)21)9-14(19)17(4,5)6/h7-9,18H,1-6H3,(H,20,21). The van der Waals surface area contributed by atoms with E-state index in [4.69, 9.17) is 0 Å². The molecule has 1 aromatic rings. The van der Waals surface area contributed by atoms with Crippen molar-refractivity contribution in [1.82, 2.24) is 0 Å². The first-order valence-corrected chi connectivity index (χ1v) is 6.86. The molecule has 0 atom stereocenters. The van der Waals surface area contributed by atoms with E-state index < -0.39 is 11.4 Å². The lowest BCUT2D eigenvalue weighted by Gasteiger charge is -2.17. The number of benzene rings is 1. The summed E-state index contributed by atoms with van der Waals surface area (Å²) in [5.74, 6) is -1.37. The highest BCUT2D eigenvalue weighted by Gasteiger charge is 2.22. The smallest absolute Gasteiger partial charge is 0.352 e. The number of nitrogens with one attached hydrogen (secondary N) is 1. The lowest BCUT2D eigenvalue weighted by atomic mass is 9.90. The SMILES string of the molecule is Cc1cc(C)c(NC(=CC(=O)C(C)(C)C)C(=O)O)c(C)c1. The molecule has 0 heterocycles. The third-order valence-corrected chi connectivity index (χ3v) is 3.18. The number of carbonyl (C=O) groups excluding carboxylic acids is 1. The number of aryl methyl sites for hydroxylation is 3. The number of carbonyl (C=O) groups is 2. The zero-order chi connectivity index (χ0) is 16.4. The molecule has 0 amide bonds. The van der Waals surface area contributed by atoms with Crippen molar-refractivity contribution in [1.29, 1.82) is 0 Å². The van der Waals surface area contributed by atoms with Gasteiger partial charge in [-0.3, -0.25) is 4.79 Å². The number of hydrogen-bond donors (Lipinski definition) is 2. The molecule has 0 saturated carbocycles. The van der Waals surface area contributed by atoms with Gasteiger partial charge < -0.3 is 10.4 Å². The van der Waals surface area contributed by atoms with Crippen LogP contribution in [0.25, 0.3) is 0 Å². The van der Waals surface area contributed by atoms with E-state index in [0.29, 0.717) is 0 Å². The third-order valence-electron chi connectivity index (χ3n) is 3.18. The molecule has 0 aliphatic carbocycles. The molecule has 0 aliphatic heterocycles. The van der Waals surface area contributed by atoms with Crippen molar-refractivity contribution in [2.24, 2.45) is 5.41 Å². The molecular weight excluding hydrogens is 266 g/mol. The zero-order valence-corrected chi connectivity index (χ0v) is 13.5. The fourth-order valence-corrected chi connectivity index (χ4v) is 2.01. The van der Waals surface area contributed by atoms with Crippen molar-refractivity contribution in [2.75, 3.05) is 5.32 Å². The molecule has 4 heteroatoms. The van der Waals surface area contributed by atoms with Crippen molar-refractivity contribution >= 4 is 17.4 Å². The first kappa shape index (κ1) is 17.0. The Labute approximate surface area is 125 Å². The second kappa shape index (κ2) is 6.12. The normalized spacial score (nSPS) is 12.2. The van der Waals surface area contributed by atoms with Gasteiger partial charge in [-0.2, -0.15) is 0 Å². The van der Waals surface area contributed by atoms with E-state index in [1.54, 1.807) is 20.8 Å². The molecule has 0 spiro atoms. The summed E-state index contributed by atoms with van der Waals surface area (Å²) in [6, 6.07) is 3.95. The molecule has 0 aromatic heterocycles. The van der Waals surface area contributed by atoms with E-state index in [1.165, 1.54) is 6.08 Å². The van der Waals surface area contributed by atoms with Crippen molar-refractivity contribution in [3.8, 4) is 0 Å². The molecule has 0 unspecified atom stereocenters. The van der Waals surface area contributed by atoms with Gasteiger partial charge in [0.2, 0.25) is 0 Å². The maximum atomic E-state index is 12.0. The number of aliphatic carboxylic acids is 1. The van der Waals surface area contributed by atoms with E-state index in [1.807, 2.05) is 32.9 Å². The highest BCUT2D eigenvalue weighted by atomic mass is 16.4. The summed E-state index contributed by atoms with van der Waals surface area (Å²) in [4.78, 5) is 23.4. The van der Waals surface area contributed by atoms with Gasteiger partial charge in [0.15, 0.2) is 5.78 Å². The number of rotatable bonds is 4. The van der Waals surface area contributed by atoms with E-state index in [9.17, 15) is 14.7 Å². The summed E-state index contributed by atoms with van der Waals surface area (Å²) in [5.41, 5.74) is 3.02. The predicted molar refractivity (Wildman–Crippen MR) is 84.5 cm³/mol. The molecule has 0 bridgehead atoms. The lowest BCUT2D eigenvalue weighted by Crippen LogP contribution is -2.21. The van der Waals surface area contributed by atoms with Crippen LogP contribution in [-0.2, 0) is 9.59 Å². The number of allylic oxidation sites excluding steroid dienone is 1. The van der Waals surface area contributed by atoms with Gasteiger partial charge in [0.05, 0.1) is 0 Å². The fourth-order valence-electron chi connectivity index (χ4n) is 2.01. The second-order valence-corrected chi connectivity index (χ2v) is 6.38. The van der Waals surface area contributed by atoms with Gasteiger partial charge in [-0.25, -0.2) is 4.79 Å². The van der Waals surface area contributed by atoms with Gasteiger partial charge in [0.1, 0.15) is 5.70 Å². The summed E-state index contributed by atoms with van der Waals surface area (Å²) in [6.45, 7) is 11.1. The predicted octanol–water partition coefficient (Wildman–Crippen LogP) is 3.61. The quantitative estimate of drug-likeness (QED) is 0.831. The van der Waals surface area contributed by atoms with Gasteiger partial charge in [0.25, 0.3) is 0 Å². The number of carboxylic acid groups (broad SMARTS) is 1. The second-order valence-electron chi connectivity index (χ2n) is 6.38. The van der Waals surface area contributed by atoms with E-state index >= 15 is 0 Å². The topological polar surface area (TPSA) is 66.4 Å². The van der Waals surface area contributed by atoms with Crippen LogP contribution in [0.3, 0.4) is 0 Å². The van der Waals surface area contributed by atoms with Gasteiger partial charge in [-0.15, -0.1) is 0 Å². The van der Waals surface area contributed by atoms with Crippen molar-refractivity contribution in [3.05, 3.63) is 40.6 Å². The summed E-state index contributed by atoms with van der Waals surface area (Å²) in [6.07, 6.45) is 1.17. The van der Waals surface area contributed by atoms with Crippen molar-refractivity contribution in [2.45, 2.75) is 41.5 Å². The Kier molecular flexibility index (Phi) is 4.94. The average molecular weight is 289 g/mol. The maximum absolute atomic E-state index is 12.0. The zero-order valence-electron chi connectivity index (χ0n) is 13.5. The van der Waals surface area contributed by atoms with Crippen LogP contribution in [0.15, 0.2) is 23.9 Å². The van der Waals surface area contributed by atoms with Crippen LogP contribution in [0.4, 0.5) is 5.69 Å². The molecule has 2 N–H and O–H groups in total. The fraction of sp³-hybridized carbons (Fsp3) is 0.412. The highest BCUT2D eigenvalue weighted by Crippen LogP contribution is 2.24. The molecule has 0 radical (unpaired) electrons.